The molecule has 1 aromatic carbocycles. The first kappa shape index (κ1) is 12.7. The highest BCUT2D eigenvalue weighted by Gasteiger charge is 2.10. The molecule has 2 heterocycles. The summed E-state index contributed by atoms with van der Waals surface area (Å²) in [6.07, 6.45) is 5.15. The van der Waals surface area contributed by atoms with E-state index >= 15 is 0 Å². The Hall–Kier alpha value is -2.27. The maximum atomic E-state index is 6.15. The lowest BCUT2D eigenvalue weighted by molar-refractivity contribution is 0.465. The zero-order valence-corrected chi connectivity index (χ0v) is 11.8. The number of halogens is 1. The summed E-state index contributed by atoms with van der Waals surface area (Å²) >= 11 is 6.15. The van der Waals surface area contributed by atoms with Crippen molar-refractivity contribution in [3.8, 4) is 11.6 Å². The van der Waals surface area contributed by atoms with Gasteiger partial charge < -0.3 is 10.5 Å². The van der Waals surface area contributed by atoms with Crippen molar-refractivity contribution >= 4 is 23.1 Å². The molecule has 0 bridgehead atoms. The second-order valence-corrected chi connectivity index (χ2v) is 4.98. The average Bonchev–Trinajstić information content (AvgIpc) is 2.84. The van der Waals surface area contributed by atoms with Crippen molar-refractivity contribution in [1.29, 1.82) is 0 Å². The Morgan fingerprint density at radius 2 is 1.95 bits per heavy atom. The van der Waals surface area contributed by atoms with E-state index in [1.165, 1.54) is 0 Å². The molecule has 3 aromatic rings. The summed E-state index contributed by atoms with van der Waals surface area (Å²) in [4.78, 5) is 8.40. The number of hydrogen-bond acceptors (Lipinski definition) is 4. The number of fused-ring (bicyclic) bond motifs is 1. The standard InChI is InChI=1S/C14H13ClN4O/c1-8-5-10(6-9(2)12(8)15)20-14-13-17-3-4-19(13)7-11(16)18-14/h3-7H,16H2,1-2H3. The van der Waals surface area contributed by atoms with Crippen LogP contribution in [0.3, 0.4) is 0 Å². The van der Waals surface area contributed by atoms with Crippen molar-refractivity contribution in [3.05, 3.63) is 46.9 Å². The van der Waals surface area contributed by atoms with Crippen molar-refractivity contribution in [2.45, 2.75) is 13.8 Å². The Morgan fingerprint density at radius 1 is 1.25 bits per heavy atom. The number of nitrogens with zero attached hydrogens (tertiary/aromatic N) is 3. The van der Waals surface area contributed by atoms with Gasteiger partial charge in [-0.2, -0.15) is 4.98 Å². The molecule has 0 unspecified atom stereocenters. The molecule has 0 radical (unpaired) electrons. The van der Waals surface area contributed by atoms with Gasteiger partial charge in [0.05, 0.1) is 6.20 Å². The van der Waals surface area contributed by atoms with Gasteiger partial charge in [-0.3, -0.25) is 4.40 Å². The van der Waals surface area contributed by atoms with Gasteiger partial charge in [-0.05, 0) is 37.1 Å². The minimum absolute atomic E-state index is 0.368. The van der Waals surface area contributed by atoms with E-state index in [0.29, 0.717) is 23.1 Å². The number of aryl methyl sites for hydroxylation is 2. The van der Waals surface area contributed by atoms with E-state index in [2.05, 4.69) is 9.97 Å². The van der Waals surface area contributed by atoms with Crippen LogP contribution in [0.1, 0.15) is 11.1 Å². The third-order valence-corrected chi connectivity index (χ3v) is 3.58. The zero-order valence-electron chi connectivity index (χ0n) is 11.1. The lowest BCUT2D eigenvalue weighted by Crippen LogP contribution is -1.99. The van der Waals surface area contributed by atoms with Gasteiger partial charge in [0.25, 0.3) is 5.88 Å². The van der Waals surface area contributed by atoms with Crippen LogP contribution in [-0.2, 0) is 0 Å². The van der Waals surface area contributed by atoms with Crippen LogP contribution in [0.25, 0.3) is 5.65 Å². The van der Waals surface area contributed by atoms with Gasteiger partial charge in [-0.15, -0.1) is 0 Å². The minimum Gasteiger partial charge on any atom is -0.436 e. The van der Waals surface area contributed by atoms with Gasteiger partial charge in [0.2, 0.25) is 5.65 Å². The highest BCUT2D eigenvalue weighted by atomic mass is 35.5. The quantitative estimate of drug-likeness (QED) is 0.785. The first-order valence-electron chi connectivity index (χ1n) is 6.08. The van der Waals surface area contributed by atoms with Gasteiger partial charge in [0.1, 0.15) is 11.6 Å². The number of imidazole rings is 1. The normalized spacial score (nSPS) is 10.9. The van der Waals surface area contributed by atoms with Crippen LogP contribution in [-0.4, -0.2) is 14.4 Å². The Bertz CT molecular complexity index is 774. The molecule has 0 saturated carbocycles. The molecule has 5 nitrogen and oxygen atoms in total. The smallest absolute Gasteiger partial charge is 0.265 e. The summed E-state index contributed by atoms with van der Waals surface area (Å²) in [5.41, 5.74) is 8.27. The number of benzene rings is 1. The summed E-state index contributed by atoms with van der Waals surface area (Å²) in [5, 5.41) is 0.740. The third-order valence-electron chi connectivity index (χ3n) is 2.99. The van der Waals surface area contributed by atoms with Crippen LogP contribution >= 0.6 is 11.6 Å². The molecule has 2 N–H and O–H groups in total. The highest BCUT2D eigenvalue weighted by molar-refractivity contribution is 6.32. The largest absolute Gasteiger partial charge is 0.436 e. The summed E-state index contributed by atoms with van der Waals surface area (Å²) in [5.74, 6) is 1.40. The Kier molecular flexibility index (Phi) is 2.99. The van der Waals surface area contributed by atoms with Gasteiger partial charge >= 0.3 is 0 Å². The Morgan fingerprint density at radius 3 is 2.65 bits per heavy atom. The fourth-order valence-corrected chi connectivity index (χ4v) is 2.18. The number of nitrogen functional groups attached to an aromatic ring is 1. The first-order chi connectivity index (χ1) is 9.54. The Balaban J connectivity index is 2.07. The topological polar surface area (TPSA) is 65.4 Å². The fraction of sp³-hybridized carbons (Fsp3) is 0.143. The fourth-order valence-electron chi connectivity index (χ4n) is 2.07. The van der Waals surface area contributed by atoms with Crippen molar-refractivity contribution < 1.29 is 4.74 Å². The lowest BCUT2D eigenvalue weighted by Gasteiger charge is -2.10. The molecule has 0 aliphatic rings. The van der Waals surface area contributed by atoms with Crippen molar-refractivity contribution in [1.82, 2.24) is 14.4 Å². The van der Waals surface area contributed by atoms with Gasteiger partial charge in [0, 0.05) is 17.4 Å². The molecule has 0 atom stereocenters. The van der Waals surface area contributed by atoms with Crippen LogP contribution in [0.15, 0.2) is 30.7 Å². The summed E-state index contributed by atoms with van der Waals surface area (Å²) in [7, 11) is 0. The van der Waals surface area contributed by atoms with Gasteiger partial charge in [-0.1, -0.05) is 11.6 Å². The maximum Gasteiger partial charge on any atom is 0.265 e. The van der Waals surface area contributed by atoms with E-state index in [4.69, 9.17) is 22.1 Å². The third kappa shape index (κ3) is 2.16. The molecule has 0 aliphatic heterocycles. The van der Waals surface area contributed by atoms with E-state index in [1.807, 2.05) is 26.0 Å². The second-order valence-electron chi connectivity index (χ2n) is 4.60. The van der Waals surface area contributed by atoms with Crippen LogP contribution < -0.4 is 10.5 Å². The van der Waals surface area contributed by atoms with Crippen molar-refractivity contribution in [2.75, 3.05) is 5.73 Å². The average molecular weight is 289 g/mol. The van der Waals surface area contributed by atoms with E-state index in [0.717, 1.165) is 16.1 Å². The van der Waals surface area contributed by atoms with E-state index in [-0.39, 0.29) is 0 Å². The minimum atomic E-state index is 0.368. The molecule has 6 heteroatoms. The van der Waals surface area contributed by atoms with Gasteiger partial charge in [-0.25, -0.2) is 4.98 Å². The number of aromatic nitrogens is 3. The van der Waals surface area contributed by atoms with Gasteiger partial charge in [0.15, 0.2) is 0 Å². The molecule has 2 aromatic heterocycles. The second kappa shape index (κ2) is 4.68. The number of ether oxygens (including phenoxy) is 1. The SMILES string of the molecule is Cc1cc(Oc2nc(N)cn3ccnc23)cc(C)c1Cl. The summed E-state index contributed by atoms with van der Waals surface area (Å²) in [6.45, 7) is 3.86. The molecule has 3 rings (SSSR count). The van der Waals surface area contributed by atoms with E-state index in [9.17, 15) is 0 Å². The van der Waals surface area contributed by atoms with Crippen LogP contribution in [0.2, 0.25) is 5.02 Å². The molecule has 0 saturated heterocycles. The number of rotatable bonds is 2. The number of nitrogens with two attached hydrogens (primary N) is 1. The number of hydrogen-bond donors (Lipinski definition) is 1. The maximum absolute atomic E-state index is 6.15. The van der Waals surface area contributed by atoms with Crippen molar-refractivity contribution in [2.24, 2.45) is 0 Å². The zero-order chi connectivity index (χ0) is 14.3. The molecule has 102 valence electrons. The van der Waals surface area contributed by atoms with Crippen LogP contribution in [0.5, 0.6) is 11.6 Å². The molecular weight excluding hydrogens is 276 g/mol. The predicted octanol–water partition coefficient (Wildman–Crippen LogP) is 3.37. The van der Waals surface area contributed by atoms with Crippen LogP contribution in [0, 0.1) is 13.8 Å². The Labute approximate surface area is 121 Å². The van der Waals surface area contributed by atoms with E-state index in [1.54, 1.807) is 23.0 Å². The first-order valence-corrected chi connectivity index (χ1v) is 6.46. The van der Waals surface area contributed by atoms with Crippen molar-refractivity contribution in [3.63, 3.8) is 0 Å². The van der Waals surface area contributed by atoms with E-state index < -0.39 is 0 Å². The number of anilines is 1. The molecule has 0 aliphatic carbocycles. The summed E-state index contributed by atoms with van der Waals surface area (Å²) in [6, 6.07) is 3.72. The molecule has 20 heavy (non-hydrogen) atoms. The molecule has 0 fully saturated rings. The monoisotopic (exact) mass is 288 g/mol. The highest BCUT2D eigenvalue weighted by Crippen LogP contribution is 2.30. The van der Waals surface area contributed by atoms with Crippen LogP contribution in [0.4, 0.5) is 5.82 Å². The summed E-state index contributed by atoms with van der Waals surface area (Å²) < 4.78 is 7.59. The molecule has 0 spiro atoms. The molecular formula is C14H13ClN4O. The lowest BCUT2D eigenvalue weighted by atomic mass is 10.1. The predicted molar refractivity (Wildman–Crippen MR) is 78.4 cm³/mol. The molecule has 0 amide bonds.